The van der Waals surface area contributed by atoms with Gasteiger partial charge in [-0.25, -0.2) is 0 Å². The largest absolute Gasteiger partial charge is 0.305 e. The van der Waals surface area contributed by atoms with E-state index in [0.29, 0.717) is 0 Å². The van der Waals surface area contributed by atoms with Crippen LogP contribution in [0.4, 0.5) is 0 Å². The number of thiophene rings is 3. The van der Waals surface area contributed by atoms with E-state index in [1.807, 2.05) is 211 Å². The van der Waals surface area contributed by atoms with Gasteiger partial charge in [-0.15, -0.1) is 179 Å². The average Bonchev–Trinajstić information content (AvgIpc) is 1.61. The number of fused-ring (bicyclic) bond motifs is 9. The SMILES string of the molecule is CCc1cc(-c2[c-]cccc2)ncc1-c1ccccc1.CCc1cc(-c2[c-]cccc2)ncc1-c1ccccc1.CCc1cc(-c2[c-]cccc2)ncc1-c1ccccc1.Cc1ccnc(-c2[c-]ccc3c2sc2ccccc23)c1.[Ir].[Ir].[Ir].[c-]1cc2c(cc1-c1ccccn1)sc1ccccc12.[c-]1cc2sc3ccccc3c2cc1-c1ccccn1. The Kier molecular flexibility index (Phi) is 30.8. The van der Waals surface area contributed by atoms with Gasteiger partial charge in [-0.2, -0.15) is 34.0 Å². The normalized spacial score (nSPS) is 10.5. The molecule has 21 aromatic rings. The predicted octanol–water partition coefficient (Wildman–Crippen LogP) is 29.4. The van der Waals surface area contributed by atoms with Gasteiger partial charge in [-0.05, 0) is 160 Å². The van der Waals surface area contributed by atoms with Gasteiger partial charge in [-0.1, -0.05) is 237 Å². The van der Waals surface area contributed by atoms with Crippen molar-refractivity contribution in [2.75, 3.05) is 0 Å². The molecule has 9 heterocycles. The molecule has 0 aliphatic rings. The van der Waals surface area contributed by atoms with Crippen molar-refractivity contribution in [3.63, 3.8) is 0 Å². The van der Waals surface area contributed by atoms with Gasteiger partial charge >= 0.3 is 0 Å². The molecule has 0 aliphatic heterocycles. The molecule has 0 amide bonds. The van der Waals surface area contributed by atoms with Crippen molar-refractivity contribution in [3.05, 3.63) is 436 Å². The Hall–Kier alpha value is -11.9. The standard InChI is InChI=1S/3C19H16N.C18H12NS.2C17H10NS.3Ir/c3*1-2-15-13-19(17-11-7-4-8-12-17)20-14-18(15)16-9-5-3-6-10-16;1-12-9-10-19-16(11-12)15-7-4-6-14-13-5-2-3-8-17(13)20-18(14)15;1-2-7-16-13(5-1)14-11-12(8-9-17(14)19-16)15-6-3-4-10-18-15;1-2-7-16-13(5-1)14-9-8-12(11-17(14)19-16)15-6-3-4-10-18-15;;;/h3*3-11,13-14H,2H2,1H3;2-6,8-11H,1H3;2*1-7,9-11H;;;/q6*-1;;;. The van der Waals surface area contributed by atoms with E-state index in [1.165, 1.54) is 116 Å². The predicted molar refractivity (Wildman–Crippen MR) is 499 cm³/mol. The molecule has 12 heteroatoms. The zero-order valence-corrected chi connectivity index (χ0v) is 76.5. The maximum absolute atomic E-state index is 4.60. The first-order valence-electron chi connectivity index (χ1n) is 39.6. The Morgan fingerprint density at radius 2 is 0.653 bits per heavy atom. The van der Waals surface area contributed by atoms with E-state index in [-0.39, 0.29) is 60.3 Å². The minimum Gasteiger partial charge on any atom is -0.305 e. The van der Waals surface area contributed by atoms with E-state index in [1.54, 1.807) is 0 Å². The molecule has 0 aliphatic carbocycles. The van der Waals surface area contributed by atoms with E-state index in [4.69, 9.17) is 0 Å². The molecule has 3 radical (unpaired) electrons. The fourth-order valence-corrected chi connectivity index (χ4v) is 17.7. The van der Waals surface area contributed by atoms with Gasteiger partial charge in [0.05, 0.1) is 0 Å². The van der Waals surface area contributed by atoms with Crippen LogP contribution in [0.5, 0.6) is 0 Å². The van der Waals surface area contributed by atoms with E-state index in [9.17, 15) is 0 Å². The second-order valence-electron chi connectivity index (χ2n) is 28.0. The summed E-state index contributed by atoms with van der Waals surface area (Å²) < 4.78 is 7.80. The smallest absolute Gasteiger partial charge is 0.0246 e. The zero-order valence-electron chi connectivity index (χ0n) is 66.8. The number of aromatic nitrogens is 6. The Morgan fingerprint density at radius 1 is 0.256 bits per heavy atom. The molecule has 0 N–H and O–H groups in total. The summed E-state index contributed by atoms with van der Waals surface area (Å²) in [4.78, 5) is 27.1. The second-order valence-corrected chi connectivity index (χ2v) is 31.2. The summed E-state index contributed by atoms with van der Waals surface area (Å²) in [5, 5.41) is 7.80. The Bertz CT molecular complexity index is 6570. The third-order valence-electron chi connectivity index (χ3n) is 20.3. The van der Waals surface area contributed by atoms with E-state index in [0.717, 1.165) is 86.8 Å². The monoisotopic (exact) mass is 2150 g/mol. The van der Waals surface area contributed by atoms with Crippen LogP contribution in [-0.2, 0) is 79.6 Å². The van der Waals surface area contributed by atoms with Crippen LogP contribution >= 0.6 is 34.0 Å². The maximum atomic E-state index is 4.60. The maximum Gasteiger partial charge on any atom is 0.0246 e. The van der Waals surface area contributed by atoms with Crippen molar-refractivity contribution in [1.29, 1.82) is 0 Å². The van der Waals surface area contributed by atoms with Crippen LogP contribution < -0.4 is 0 Å². The van der Waals surface area contributed by atoms with E-state index < -0.39 is 0 Å². The number of hydrogen-bond donors (Lipinski definition) is 0. The Balaban J connectivity index is 0.000000125. The van der Waals surface area contributed by atoms with Crippen molar-refractivity contribution in [2.45, 2.75) is 47.0 Å². The van der Waals surface area contributed by atoms with Crippen LogP contribution in [0.3, 0.4) is 0 Å². The molecule has 12 aromatic carbocycles. The summed E-state index contributed by atoms with van der Waals surface area (Å²) in [5.41, 5.74) is 24.7. The quantitative estimate of drug-likeness (QED) is 0.113. The molecule has 6 nitrogen and oxygen atoms in total. The van der Waals surface area contributed by atoms with Crippen LogP contribution in [0.25, 0.3) is 161 Å². The first-order valence-corrected chi connectivity index (χ1v) is 42.0. The van der Waals surface area contributed by atoms with Gasteiger partial charge in [-0.3, -0.25) is 0 Å². The molecule has 0 unspecified atom stereocenters. The van der Waals surface area contributed by atoms with Gasteiger partial charge in [0, 0.05) is 128 Å². The Labute approximate surface area is 761 Å². The molecular weight excluding hydrogens is 2070 g/mol. The number of benzene rings is 12. The number of pyridine rings is 6. The molecule has 597 valence electrons. The minimum atomic E-state index is 0. The van der Waals surface area contributed by atoms with Crippen molar-refractivity contribution in [3.8, 4) is 101 Å². The third-order valence-corrected chi connectivity index (χ3v) is 23.8. The molecule has 0 bridgehead atoms. The number of aryl methyl sites for hydroxylation is 4. The van der Waals surface area contributed by atoms with Gasteiger partial charge in [0.25, 0.3) is 0 Å². The summed E-state index contributed by atoms with van der Waals surface area (Å²) in [6, 6.07) is 136. The van der Waals surface area contributed by atoms with Gasteiger partial charge < -0.3 is 29.9 Å². The fraction of sp³-hybridized carbons (Fsp3) is 0.0642. The second kappa shape index (κ2) is 42.9. The summed E-state index contributed by atoms with van der Waals surface area (Å²) in [7, 11) is 0. The first-order chi connectivity index (χ1) is 58.3. The molecule has 9 aromatic heterocycles. The van der Waals surface area contributed by atoms with Crippen molar-refractivity contribution < 1.29 is 60.3 Å². The molecule has 0 saturated carbocycles. The molecule has 0 saturated heterocycles. The van der Waals surface area contributed by atoms with Crippen LogP contribution in [0.2, 0.25) is 0 Å². The van der Waals surface area contributed by atoms with Crippen molar-refractivity contribution in [1.82, 2.24) is 29.9 Å². The number of rotatable bonds is 12. The van der Waals surface area contributed by atoms with Crippen LogP contribution in [0.15, 0.2) is 377 Å². The summed E-state index contributed by atoms with van der Waals surface area (Å²) in [6.07, 6.45) is 14.4. The topological polar surface area (TPSA) is 77.3 Å². The van der Waals surface area contributed by atoms with Crippen molar-refractivity contribution in [2.24, 2.45) is 0 Å². The summed E-state index contributed by atoms with van der Waals surface area (Å²) in [5.74, 6) is 0. The summed E-state index contributed by atoms with van der Waals surface area (Å²) in [6.45, 7) is 8.64. The Morgan fingerprint density at radius 3 is 1.09 bits per heavy atom. The minimum absolute atomic E-state index is 0. The zero-order chi connectivity index (χ0) is 80.2. The van der Waals surface area contributed by atoms with Gasteiger partial charge in [0.1, 0.15) is 0 Å². The van der Waals surface area contributed by atoms with Crippen LogP contribution in [0.1, 0.15) is 43.0 Å². The average molecular weight is 2150 g/mol. The molecule has 121 heavy (non-hydrogen) atoms. The van der Waals surface area contributed by atoms with Crippen molar-refractivity contribution >= 4 is 94.5 Å². The van der Waals surface area contributed by atoms with E-state index in [2.05, 4.69) is 294 Å². The number of hydrogen-bond acceptors (Lipinski definition) is 9. The van der Waals surface area contributed by atoms with E-state index >= 15 is 0 Å². The number of nitrogens with zero attached hydrogens (tertiary/aromatic N) is 6. The summed E-state index contributed by atoms with van der Waals surface area (Å²) >= 11 is 5.45. The van der Waals surface area contributed by atoms with Gasteiger partial charge in [0.15, 0.2) is 0 Å². The third kappa shape index (κ3) is 21.1. The first kappa shape index (κ1) is 87.0. The van der Waals surface area contributed by atoms with Crippen LogP contribution in [-0.4, -0.2) is 29.9 Å². The fourth-order valence-electron chi connectivity index (χ4n) is 14.3. The van der Waals surface area contributed by atoms with Gasteiger partial charge in [0.2, 0.25) is 0 Å². The molecule has 21 rings (SSSR count). The van der Waals surface area contributed by atoms with Crippen LogP contribution in [0, 0.1) is 43.3 Å². The molecule has 0 spiro atoms. The molecule has 0 fully saturated rings. The molecular formula is C109H80Ir3N6S3-6. The molecule has 0 atom stereocenters.